The number of rotatable bonds is 2. The van der Waals surface area contributed by atoms with Crippen molar-refractivity contribution in [1.29, 1.82) is 0 Å². The quantitative estimate of drug-likeness (QED) is 0.863. The van der Waals surface area contributed by atoms with E-state index in [1.165, 1.54) is 4.90 Å². The lowest BCUT2D eigenvalue weighted by Gasteiger charge is -2.33. The molecule has 24 heavy (non-hydrogen) atoms. The van der Waals surface area contributed by atoms with E-state index in [0.717, 1.165) is 35.1 Å². The summed E-state index contributed by atoms with van der Waals surface area (Å²) in [7, 11) is 0. The maximum atomic E-state index is 13.2. The maximum Gasteiger partial charge on any atom is 0.325 e. The standard InChI is InChI=1S/C20H20N2O2/c1-14-6-4-7-15(12-14)13-22-18(23)20(21-19(22)24)11-5-9-16-8-2-3-10-17(16)20/h2-4,6-8,10,12H,5,9,11,13H2,1H3,(H,21,24)/t20-/m0/s1. The van der Waals surface area contributed by atoms with Gasteiger partial charge in [-0.2, -0.15) is 0 Å². The van der Waals surface area contributed by atoms with Crippen molar-refractivity contribution in [3.63, 3.8) is 0 Å². The predicted octanol–water partition coefficient (Wildman–Crippen LogP) is 3.28. The summed E-state index contributed by atoms with van der Waals surface area (Å²) in [4.78, 5) is 27.1. The topological polar surface area (TPSA) is 49.4 Å². The minimum absolute atomic E-state index is 0.124. The van der Waals surface area contributed by atoms with Crippen LogP contribution in [0.2, 0.25) is 0 Å². The number of urea groups is 1. The number of nitrogens with one attached hydrogen (secondary N) is 1. The van der Waals surface area contributed by atoms with Crippen LogP contribution in [0.1, 0.15) is 35.1 Å². The third-order valence-electron chi connectivity index (χ3n) is 5.07. The first kappa shape index (κ1) is 14.9. The molecule has 0 radical (unpaired) electrons. The summed E-state index contributed by atoms with van der Waals surface area (Å²) in [6.07, 6.45) is 2.53. The molecule has 0 aromatic heterocycles. The number of benzene rings is 2. The van der Waals surface area contributed by atoms with Crippen molar-refractivity contribution in [1.82, 2.24) is 10.2 Å². The van der Waals surface area contributed by atoms with E-state index in [2.05, 4.69) is 11.4 Å². The Balaban J connectivity index is 1.70. The molecular formula is C20H20N2O2. The highest BCUT2D eigenvalue weighted by Crippen LogP contribution is 2.40. The predicted molar refractivity (Wildman–Crippen MR) is 91.3 cm³/mol. The van der Waals surface area contributed by atoms with Crippen LogP contribution in [0, 0.1) is 6.92 Å². The number of fused-ring (bicyclic) bond motifs is 2. The van der Waals surface area contributed by atoms with E-state index >= 15 is 0 Å². The van der Waals surface area contributed by atoms with Crippen molar-refractivity contribution in [2.75, 3.05) is 0 Å². The van der Waals surface area contributed by atoms with Crippen LogP contribution >= 0.6 is 0 Å². The molecule has 0 bridgehead atoms. The van der Waals surface area contributed by atoms with Gasteiger partial charge in [0.1, 0.15) is 5.54 Å². The third-order valence-corrected chi connectivity index (χ3v) is 5.07. The van der Waals surface area contributed by atoms with Crippen LogP contribution in [-0.2, 0) is 23.3 Å². The second kappa shape index (κ2) is 5.48. The summed E-state index contributed by atoms with van der Waals surface area (Å²) in [5.41, 5.74) is 3.34. The number of amides is 3. The Hall–Kier alpha value is -2.62. The molecule has 1 aliphatic carbocycles. The number of imide groups is 1. The van der Waals surface area contributed by atoms with E-state index in [1.54, 1.807) is 0 Å². The van der Waals surface area contributed by atoms with Gasteiger partial charge in [0, 0.05) is 0 Å². The molecule has 4 nitrogen and oxygen atoms in total. The van der Waals surface area contributed by atoms with Gasteiger partial charge in [-0.05, 0) is 42.9 Å². The van der Waals surface area contributed by atoms with Gasteiger partial charge in [-0.3, -0.25) is 9.69 Å². The van der Waals surface area contributed by atoms with Crippen LogP contribution in [0.3, 0.4) is 0 Å². The van der Waals surface area contributed by atoms with E-state index in [0.29, 0.717) is 13.0 Å². The average molecular weight is 320 g/mol. The van der Waals surface area contributed by atoms with Crippen LogP contribution in [-0.4, -0.2) is 16.8 Å². The van der Waals surface area contributed by atoms with Gasteiger partial charge in [-0.15, -0.1) is 0 Å². The van der Waals surface area contributed by atoms with Crippen molar-refractivity contribution >= 4 is 11.9 Å². The van der Waals surface area contributed by atoms with Gasteiger partial charge in [0.15, 0.2) is 0 Å². The molecule has 1 atom stereocenters. The second-order valence-corrected chi connectivity index (χ2v) is 6.73. The lowest BCUT2D eigenvalue weighted by molar-refractivity contribution is -0.132. The highest BCUT2D eigenvalue weighted by atomic mass is 16.2. The van der Waals surface area contributed by atoms with Crippen LogP contribution in [0.25, 0.3) is 0 Å². The van der Waals surface area contributed by atoms with E-state index in [9.17, 15) is 9.59 Å². The smallest absolute Gasteiger partial charge is 0.319 e. The van der Waals surface area contributed by atoms with E-state index in [-0.39, 0.29) is 11.9 Å². The lowest BCUT2D eigenvalue weighted by Crippen LogP contribution is -2.46. The molecule has 2 aliphatic rings. The van der Waals surface area contributed by atoms with Crippen molar-refractivity contribution in [2.24, 2.45) is 0 Å². The molecule has 4 rings (SSSR count). The van der Waals surface area contributed by atoms with E-state index in [4.69, 9.17) is 0 Å². The van der Waals surface area contributed by atoms with Crippen LogP contribution < -0.4 is 5.32 Å². The molecular weight excluding hydrogens is 300 g/mol. The Morgan fingerprint density at radius 2 is 1.96 bits per heavy atom. The number of aryl methyl sites for hydroxylation is 2. The Morgan fingerprint density at radius 3 is 2.79 bits per heavy atom. The second-order valence-electron chi connectivity index (χ2n) is 6.73. The van der Waals surface area contributed by atoms with Gasteiger partial charge in [0.05, 0.1) is 6.54 Å². The normalized spacial score (nSPS) is 22.6. The van der Waals surface area contributed by atoms with Crippen molar-refractivity contribution in [2.45, 2.75) is 38.3 Å². The fourth-order valence-electron chi connectivity index (χ4n) is 3.95. The molecule has 4 heteroatoms. The number of hydrogen-bond donors (Lipinski definition) is 1. The first-order valence-electron chi connectivity index (χ1n) is 8.38. The molecule has 1 N–H and O–H groups in total. The molecule has 0 saturated carbocycles. The summed E-state index contributed by atoms with van der Waals surface area (Å²) in [5.74, 6) is -0.124. The number of hydrogen-bond acceptors (Lipinski definition) is 2. The van der Waals surface area contributed by atoms with Crippen LogP contribution in [0.15, 0.2) is 48.5 Å². The minimum Gasteiger partial charge on any atom is -0.319 e. The summed E-state index contributed by atoms with van der Waals surface area (Å²) in [6, 6.07) is 15.6. The highest BCUT2D eigenvalue weighted by molar-refractivity contribution is 6.07. The summed E-state index contributed by atoms with van der Waals surface area (Å²) in [6.45, 7) is 2.32. The number of carbonyl (C=O) groups is 2. The molecule has 1 aliphatic heterocycles. The summed E-state index contributed by atoms with van der Waals surface area (Å²) < 4.78 is 0. The molecule has 1 saturated heterocycles. The molecule has 1 heterocycles. The molecule has 3 amide bonds. The van der Waals surface area contributed by atoms with Gasteiger partial charge in [0.25, 0.3) is 5.91 Å². The SMILES string of the molecule is Cc1cccc(CN2C(=O)N[C@]3(CCCc4ccccc43)C2=O)c1. The van der Waals surface area contributed by atoms with Crippen LogP contribution in [0.4, 0.5) is 4.79 Å². The van der Waals surface area contributed by atoms with Crippen LogP contribution in [0.5, 0.6) is 0 Å². The Bertz CT molecular complexity index is 830. The van der Waals surface area contributed by atoms with E-state index < -0.39 is 5.54 Å². The Morgan fingerprint density at radius 1 is 1.12 bits per heavy atom. The fourth-order valence-corrected chi connectivity index (χ4v) is 3.95. The molecule has 2 aromatic carbocycles. The average Bonchev–Trinajstić information content (AvgIpc) is 2.80. The number of carbonyl (C=O) groups excluding carboxylic acids is 2. The summed E-state index contributed by atoms with van der Waals surface area (Å²) in [5, 5.41) is 3.00. The van der Waals surface area contributed by atoms with Crippen molar-refractivity contribution < 1.29 is 9.59 Å². The third kappa shape index (κ3) is 2.21. The number of nitrogens with zero attached hydrogens (tertiary/aromatic N) is 1. The molecule has 1 fully saturated rings. The largest absolute Gasteiger partial charge is 0.325 e. The molecule has 122 valence electrons. The van der Waals surface area contributed by atoms with Crippen molar-refractivity contribution in [3.8, 4) is 0 Å². The zero-order valence-electron chi connectivity index (χ0n) is 13.7. The zero-order chi connectivity index (χ0) is 16.7. The van der Waals surface area contributed by atoms with Gasteiger partial charge < -0.3 is 5.32 Å². The molecule has 0 unspecified atom stereocenters. The summed E-state index contributed by atoms with van der Waals surface area (Å²) >= 11 is 0. The van der Waals surface area contributed by atoms with Crippen molar-refractivity contribution in [3.05, 3.63) is 70.8 Å². The highest BCUT2D eigenvalue weighted by Gasteiger charge is 2.53. The monoisotopic (exact) mass is 320 g/mol. The minimum atomic E-state index is -0.879. The molecule has 1 spiro atoms. The first-order chi connectivity index (χ1) is 11.6. The molecule has 2 aromatic rings. The fraction of sp³-hybridized carbons (Fsp3) is 0.300. The first-order valence-corrected chi connectivity index (χ1v) is 8.38. The maximum absolute atomic E-state index is 13.2. The Labute approximate surface area is 141 Å². The van der Waals surface area contributed by atoms with E-state index in [1.807, 2.05) is 49.4 Å². The van der Waals surface area contributed by atoms with Gasteiger partial charge >= 0.3 is 6.03 Å². The van der Waals surface area contributed by atoms with Gasteiger partial charge in [0.2, 0.25) is 0 Å². The Kier molecular flexibility index (Phi) is 3.41. The van der Waals surface area contributed by atoms with Gasteiger partial charge in [-0.1, -0.05) is 54.1 Å². The zero-order valence-corrected chi connectivity index (χ0v) is 13.7. The van der Waals surface area contributed by atoms with Gasteiger partial charge in [-0.25, -0.2) is 4.79 Å². The lowest BCUT2D eigenvalue weighted by atomic mass is 9.76.